The van der Waals surface area contributed by atoms with Crippen molar-refractivity contribution in [2.45, 2.75) is 13.3 Å². The van der Waals surface area contributed by atoms with Crippen molar-refractivity contribution in [3.8, 4) is 0 Å². The van der Waals surface area contributed by atoms with E-state index in [0.29, 0.717) is 12.1 Å². The molecule has 0 aliphatic rings. The van der Waals surface area contributed by atoms with E-state index in [1.807, 2.05) is 6.92 Å². The first-order chi connectivity index (χ1) is 9.49. The molecule has 0 saturated carbocycles. The Kier molecular flexibility index (Phi) is 6.05. The van der Waals surface area contributed by atoms with Crippen molar-refractivity contribution < 1.29 is 9.59 Å². The first-order valence-corrected chi connectivity index (χ1v) is 6.66. The maximum absolute atomic E-state index is 12.3. The summed E-state index contributed by atoms with van der Waals surface area (Å²) in [6, 6.07) is 3.20. The molecule has 20 heavy (non-hydrogen) atoms. The molecule has 0 aromatic carbocycles. The molecular formula is C13H18N4O2S. The van der Waals surface area contributed by atoms with Gasteiger partial charge < -0.3 is 16.0 Å². The highest BCUT2D eigenvalue weighted by Crippen LogP contribution is 2.05. The molecular weight excluding hydrogens is 276 g/mol. The van der Waals surface area contributed by atoms with Crippen LogP contribution in [0, 0.1) is 0 Å². The summed E-state index contributed by atoms with van der Waals surface area (Å²) in [6.45, 7) is 2.44. The summed E-state index contributed by atoms with van der Waals surface area (Å²) in [5.74, 6) is -0.503. The third-order valence-corrected chi connectivity index (χ3v) is 2.90. The minimum atomic E-state index is -0.287. The first kappa shape index (κ1) is 16.0. The van der Waals surface area contributed by atoms with E-state index in [0.717, 1.165) is 6.42 Å². The number of nitrogens with zero attached hydrogens (tertiary/aromatic N) is 2. The van der Waals surface area contributed by atoms with Crippen molar-refractivity contribution in [1.82, 2.24) is 15.2 Å². The average Bonchev–Trinajstić information content (AvgIpc) is 2.46. The summed E-state index contributed by atoms with van der Waals surface area (Å²) in [4.78, 5) is 29.4. The fraction of sp³-hybridized carbons (Fsp3) is 0.385. The van der Waals surface area contributed by atoms with Gasteiger partial charge in [0, 0.05) is 25.4 Å². The van der Waals surface area contributed by atoms with Gasteiger partial charge in [0.05, 0.1) is 6.54 Å². The summed E-state index contributed by atoms with van der Waals surface area (Å²) >= 11 is 4.83. The fourth-order valence-electron chi connectivity index (χ4n) is 1.60. The maximum Gasteiger partial charge on any atom is 0.272 e. The predicted octanol–water partition coefficient (Wildman–Crippen LogP) is 0.314. The lowest BCUT2D eigenvalue weighted by Gasteiger charge is -2.20. The molecule has 1 aromatic rings. The molecule has 3 N–H and O–H groups in total. The van der Waals surface area contributed by atoms with E-state index >= 15 is 0 Å². The first-order valence-electron chi connectivity index (χ1n) is 6.25. The standard InChI is InChI=1S/C13H18N4O2S/c1-3-6-17(8-11(18)15-2)13(19)10-5-4-9(7-16-10)12(14)20/h4-5,7H,3,6,8H2,1-2H3,(H2,14,20)(H,15,18). The molecule has 6 nitrogen and oxygen atoms in total. The zero-order chi connectivity index (χ0) is 15.1. The molecule has 0 radical (unpaired) electrons. The number of hydrogen-bond acceptors (Lipinski definition) is 4. The van der Waals surface area contributed by atoms with E-state index in [-0.39, 0.29) is 29.0 Å². The van der Waals surface area contributed by atoms with Gasteiger partial charge in [0.15, 0.2) is 0 Å². The SMILES string of the molecule is CCCN(CC(=O)NC)C(=O)c1ccc(C(N)=S)cn1. The van der Waals surface area contributed by atoms with Gasteiger partial charge in [-0.3, -0.25) is 14.6 Å². The Balaban J connectivity index is 2.88. The van der Waals surface area contributed by atoms with Crippen molar-refractivity contribution in [1.29, 1.82) is 0 Å². The zero-order valence-electron chi connectivity index (χ0n) is 11.5. The van der Waals surface area contributed by atoms with E-state index < -0.39 is 0 Å². The molecule has 0 aliphatic heterocycles. The lowest BCUT2D eigenvalue weighted by atomic mass is 10.2. The minimum Gasteiger partial charge on any atom is -0.389 e. The van der Waals surface area contributed by atoms with Gasteiger partial charge in [-0.05, 0) is 18.6 Å². The van der Waals surface area contributed by atoms with Crippen LogP contribution in [0.3, 0.4) is 0 Å². The highest BCUT2D eigenvalue weighted by Gasteiger charge is 2.18. The fourth-order valence-corrected chi connectivity index (χ4v) is 1.72. The van der Waals surface area contributed by atoms with Crippen LogP contribution in [-0.2, 0) is 4.79 Å². The Morgan fingerprint density at radius 3 is 2.60 bits per heavy atom. The van der Waals surface area contributed by atoms with Gasteiger partial charge in [-0.25, -0.2) is 0 Å². The second kappa shape index (κ2) is 7.54. The summed E-state index contributed by atoms with van der Waals surface area (Å²) in [6.07, 6.45) is 2.22. The van der Waals surface area contributed by atoms with Crippen molar-refractivity contribution >= 4 is 29.0 Å². The monoisotopic (exact) mass is 294 g/mol. The Hall–Kier alpha value is -2.02. The number of pyridine rings is 1. The second-order valence-corrected chi connectivity index (χ2v) is 4.64. The Labute approximate surface area is 123 Å². The molecule has 1 rings (SSSR count). The lowest BCUT2D eigenvalue weighted by molar-refractivity contribution is -0.121. The number of hydrogen-bond donors (Lipinski definition) is 2. The number of nitrogens with one attached hydrogen (secondary N) is 1. The molecule has 0 saturated heterocycles. The molecule has 7 heteroatoms. The smallest absolute Gasteiger partial charge is 0.272 e. The van der Waals surface area contributed by atoms with Crippen LogP contribution in [0.25, 0.3) is 0 Å². The van der Waals surface area contributed by atoms with Gasteiger partial charge in [-0.15, -0.1) is 0 Å². The Bertz CT molecular complexity index is 502. The maximum atomic E-state index is 12.3. The molecule has 1 aromatic heterocycles. The quantitative estimate of drug-likeness (QED) is 0.737. The number of aromatic nitrogens is 1. The molecule has 108 valence electrons. The summed E-state index contributed by atoms with van der Waals surface area (Å²) < 4.78 is 0. The number of nitrogens with two attached hydrogens (primary N) is 1. The van der Waals surface area contributed by atoms with Gasteiger partial charge in [0.25, 0.3) is 5.91 Å². The van der Waals surface area contributed by atoms with Gasteiger partial charge in [0.1, 0.15) is 10.7 Å². The van der Waals surface area contributed by atoms with Gasteiger partial charge in [-0.2, -0.15) is 0 Å². The highest BCUT2D eigenvalue weighted by atomic mass is 32.1. The van der Waals surface area contributed by atoms with Crippen LogP contribution in [0.4, 0.5) is 0 Å². The summed E-state index contributed by atoms with van der Waals surface area (Å²) in [7, 11) is 1.53. The van der Waals surface area contributed by atoms with Crippen molar-refractivity contribution in [3.05, 3.63) is 29.6 Å². The van der Waals surface area contributed by atoms with E-state index in [1.54, 1.807) is 12.1 Å². The molecule has 0 aliphatic carbocycles. The number of likely N-dealkylation sites (N-methyl/N-ethyl adjacent to an activating group) is 1. The lowest BCUT2D eigenvalue weighted by Crippen LogP contribution is -2.40. The molecule has 0 atom stereocenters. The number of carbonyl (C=O) groups is 2. The van der Waals surface area contributed by atoms with Crippen LogP contribution >= 0.6 is 12.2 Å². The summed E-state index contributed by atoms with van der Waals surface area (Å²) in [5.41, 5.74) is 6.34. The largest absolute Gasteiger partial charge is 0.389 e. The van der Waals surface area contributed by atoms with E-state index in [2.05, 4.69) is 10.3 Å². The molecule has 2 amide bonds. The van der Waals surface area contributed by atoms with Crippen LogP contribution in [-0.4, -0.2) is 46.8 Å². The second-order valence-electron chi connectivity index (χ2n) is 4.20. The van der Waals surface area contributed by atoms with Crippen molar-refractivity contribution in [3.63, 3.8) is 0 Å². The third kappa shape index (κ3) is 4.27. The normalized spacial score (nSPS) is 9.90. The van der Waals surface area contributed by atoms with E-state index in [9.17, 15) is 9.59 Å². The molecule has 0 fully saturated rings. The summed E-state index contributed by atoms with van der Waals surface area (Å²) in [5, 5.41) is 2.50. The van der Waals surface area contributed by atoms with Crippen LogP contribution in [0.5, 0.6) is 0 Å². The topological polar surface area (TPSA) is 88.3 Å². The molecule has 0 spiro atoms. The van der Waals surface area contributed by atoms with E-state index in [4.69, 9.17) is 18.0 Å². The van der Waals surface area contributed by atoms with Crippen LogP contribution in [0.2, 0.25) is 0 Å². The number of thiocarbonyl (C=S) groups is 1. The number of amides is 2. The van der Waals surface area contributed by atoms with Gasteiger partial charge in [-0.1, -0.05) is 19.1 Å². The molecule has 0 bridgehead atoms. The highest BCUT2D eigenvalue weighted by molar-refractivity contribution is 7.80. The number of rotatable bonds is 6. The van der Waals surface area contributed by atoms with Crippen molar-refractivity contribution in [2.75, 3.05) is 20.1 Å². The average molecular weight is 294 g/mol. The van der Waals surface area contributed by atoms with Crippen LogP contribution < -0.4 is 11.1 Å². The van der Waals surface area contributed by atoms with E-state index in [1.165, 1.54) is 18.1 Å². The van der Waals surface area contributed by atoms with Crippen molar-refractivity contribution in [2.24, 2.45) is 5.73 Å². The van der Waals surface area contributed by atoms with Crippen LogP contribution in [0.1, 0.15) is 29.4 Å². The zero-order valence-corrected chi connectivity index (χ0v) is 12.4. The molecule has 1 heterocycles. The third-order valence-electron chi connectivity index (χ3n) is 2.66. The Morgan fingerprint density at radius 1 is 1.45 bits per heavy atom. The van der Waals surface area contributed by atoms with Gasteiger partial charge >= 0.3 is 0 Å². The predicted molar refractivity (Wildman–Crippen MR) is 80.4 cm³/mol. The Morgan fingerprint density at radius 2 is 2.15 bits per heavy atom. The van der Waals surface area contributed by atoms with Gasteiger partial charge in [0.2, 0.25) is 5.91 Å². The molecule has 0 unspecified atom stereocenters. The van der Waals surface area contributed by atoms with Crippen LogP contribution in [0.15, 0.2) is 18.3 Å². The number of carbonyl (C=O) groups excluding carboxylic acids is 2. The minimum absolute atomic E-state index is 0.0158.